The maximum Gasteiger partial charge on any atom is 0.494 e. The van der Waals surface area contributed by atoms with Crippen LogP contribution in [0.1, 0.15) is 38.1 Å². The molecule has 2 fully saturated rings. The minimum Gasteiger partial charge on any atom is -0.399 e. The third-order valence-corrected chi connectivity index (χ3v) is 5.70. The van der Waals surface area contributed by atoms with E-state index >= 15 is 0 Å². The second-order valence-corrected chi connectivity index (χ2v) is 8.09. The van der Waals surface area contributed by atoms with Crippen molar-refractivity contribution in [2.24, 2.45) is 0 Å². The first-order valence-electron chi connectivity index (χ1n) is 8.23. The molecular weight excluding hydrogens is 373 g/mol. The highest BCUT2D eigenvalue weighted by atomic mass is 79.9. The molecule has 0 atom stereocenters. The van der Waals surface area contributed by atoms with Crippen molar-refractivity contribution in [3.05, 3.63) is 28.2 Å². The van der Waals surface area contributed by atoms with Crippen LogP contribution in [0.5, 0.6) is 0 Å². The number of hydrogen-bond acceptors (Lipinski definition) is 4. The lowest BCUT2D eigenvalue weighted by molar-refractivity contribution is 0.00578. The Balaban J connectivity index is 1.79. The highest BCUT2D eigenvalue weighted by molar-refractivity contribution is 9.10. The molecule has 2 aliphatic heterocycles. The van der Waals surface area contributed by atoms with E-state index in [-0.39, 0.29) is 17.1 Å². The molecule has 1 aromatic rings. The number of benzene rings is 1. The third kappa shape index (κ3) is 3.27. The van der Waals surface area contributed by atoms with Crippen LogP contribution in [-0.4, -0.2) is 55.4 Å². The Kier molecular flexibility index (Phi) is 4.81. The maximum atomic E-state index is 12.6. The predicted octanol–water partition coefficient (Wildman–Crippen LogP) is 2.22. The quantitative estimate of drug-likeness (QED) is 0.720. The Morgan fingerprint density at radius 2 is 1.71 bits per heavy atom. The monoisotopic (exact) mass is 395 g/mol. The molecule has 0 N–H and O–H groups in total. The van der Waals surface area contributed by atoms with Gasteiger partial charge in [-0.25, -0.2) is 0 Å². The van der Waals surface area contributed by atoms with Crippen LogP contribution in [0.15, 0.2) is 22.7 Å². The van der Waals surface area contributed by atoms with E-state index in [9.17, 15) is 4.79 Å². The summed E-state index contributed by atoms with van der Waals surface area (Å²) in [7, 11) is -0.432. The first-order valence-corrected chi connectivity index (χ1v) is 9.03. The summed E-state index contributed by atoms with van der Waals surface area (Å²) in [6.07, 6.45) is 0. The van der Waals surface area contributed by atoms with Gasteiger partial charge in [0, 0.05) is 17.6 Å². The van der Waals surface area contributed by atoms with E-state index in [0.717, 1.165) is 9.94 Å². The van der Waals surface area contributed by atoms with Gasteiger partial charge in [0.2, 0.25) is 0 Å². The van der Waals surface area contributed by atoms with E-state index in [1.807, 2.05) is 50.8 Å². The van der Waals surface area contributed by atoms with Gasteiger partial charge in [-0.05, 0) is 61.2 Å². The van der Waals surface area contributed by atoms with Crippen molar-refractivity contribution in [1.29, 1.82) is 0 Å². The van der Waals surface area contributed by atoms with Gasteiger partial charge in [0.1, 0.15) is 0 Å². The Morgan fingerprint density at radius 3 is 2.25 bits per heavy atom. The minimum absolute atomic E-state index is 0.0191. The highest BCUT2D eigenvalue weighted by Gasteiger charge is 2.51. The molecular formula is C17H23BBrNO4. The molecule has 2 saturated heterocycles. The molecule has 2 heterocycles. The van der Waals surface area contributed by atoms with E-state index < -0.39 is 7.12 Å². The molecule has 0 unspecified atom stereocenters. The molecule has 0 saturated carbocycles. The Labute approximate surface area is 151 Å². The second-order valence-electron chi connectivity index (χ2n) is 7.23. The van der Waals surface area contributed by atoms with Crippen molar-refractivity contribution in [1.82, 2.24) is 4.90 Å². The number of rotatable bonds is 2. The molecule has 0 bridgehead atoms. The molecule has 24 heavy (non-hydrogen) atoms. The van der Waals surface area contributed by atoms with Gasteiger partial charge in [0.25, 0.3) is 5.91 Å². The average Bonchev–Trinajstić information content (AvgIpc) is 2.75. The fourth-order valence-electron chi connectivity index (χ4n) is 2.77. The fourth-order valence-corrected chi connectivity index (χ4v) is 3.33. The van der Waals surface area contributed by atoms with E-state index in [0.29, 0.717) is 31.9 Å². The first kappa shape index (κ1) is 17.9. The lowest BCUT2D eigenvalue weighted by Gasteiger charge is -2.32. The highest BCUT2D eigenvalue weighted by Crippen LogP contribution is 2.36. The van der Waals surface area contributed by atoms with E-state index in [4.69, 9.17) is 14.0 Å². The van der Waals surface area contributed by atoms with E-state index in [2.05, 4.69) is 15.9 Å². The van der Waals surface area contributed by atoms with Gasteiger partial charge < -0.3 is 18.9 Å². The molecule has 130 valence electrons. The van der Waals surface area contributed by atoms with Gasteiger partial charge in [-0.3, -0.25) is 4.79 Å². The van der Waals surface area contributed by atoms with Crippen molar-refractivity contribution in [3.63, 3.8) is 0 Å². The third-order valence-electron chi connectivity index (χ3n) is 5.05. The van der Waals surface area contributed by atoms with Crippen LogP contribution in [-0.2, 0) is 14.0 Å². The molecule has 3 rings (SSSR count). The zero-order valence-corrected chi connectivity index (χ0v) is 16.2. The van der Waals surface area contributed by atoms with Gasteiger partial charge >= 0.3 is 7.12 Å². The number of ether oxygens (including phenoxy) is 1. The van der Waals surface area contributed by atoms with E-state index in [1.54, 1.807) is 0 Å². The standard InChI is InChI=1S/C17H23BBrNO4/c1-16(2)17(3,4)24-18(23-16)12-5-6-13(14(19)11-12)15(21)20-7-9-22-10-8-20/h5-6,11H,7-10H2,1-4H3. The van der Waals surface area contributed by atoms with Gasteiger partial charge in [-0.15, -0.1) is 0 Å². The van der Waals surface area contributed by atoms with Crippen molar-refractivity contribution in [3.8, 4) is 0 Å². The van der Waals surface area contributed by atoms with Crippen LogP contribution in [0.25, 0.3) is 0 Å². The number of nitrogens with zero attached hydrogens (tertiary/aromatic N) is 1. The van der Waals surface area contributed by atoms with Crippen molar-refractivity contribution < 1.29 is 18.8 Å². The van der Waals surface area contributed by atoms with Gasteiger partial charge in [0.15, 0.2) is 0 Å². The zero-order valence-electron chi connectivity index (χ0n) is 14.6. The fraction of sp³-hybridized carbons (Fsp3) is 0.588. The summed E-state index contributed by atoms with van der Waals surface area (Å²) in [5.41, 5.74) is 0.787. The van der Waals surface area contributed by atoms with Crippen molar-refractivity contribution >= 4 is 34.4 Å². The Morgan fingerprint density at radius 1 is 1.12 bits per heavy atom. The summed E-state index contributed by atoms with van der Waals surface area (Å²) in [5, 5.41) is 0. The van der Waals surface area contributed by atoms with Gasteiger partial charge in [-0.2, -0.15) is 0 Å². The van der Waals surface area contributed by atoms with Crippen LogP contribution >= 0.6 is 15.9 Å². The molecule has 0 spiro atoms. The normalized spacial score (nSPS) is 22.7. The Hall–Kier alpha value is -0.885. The number of morpholine rings is 1. The topological polar surface area (TPSA) is 48.0 Å². The summed E-state index contributed by atoms with van der Waals surface area (Å²) < 4.78 is 18.2. The Bertz CT molecular complexity index is 627. The molecule has 2 aliphatic rings. The van der Waals surface area contributed by atoms with Crippen LogP contribution in [0.2, 0.25) is 0 Å². The molecule has 1 aromatic carbocycles. The van der Waals surface area contributed by atoms with Crippen LogP contribution < -0.4 is 5.46 Å². The first-order chi connectivity index (χ1) is 11.2. The lowest BCUT2D eigenvalue weighted by atomic mass is 9.79. The largest absolute Gasteiger partial charge is 0.494 e. The van der Waals surface area contributed by atoms with Crippen LogP contribution in [0, 0.1) is 0 Å². The number of hydrogen-bond donors (Lipinski definition) is 0. The van der Waals surface area contributed by atoms with Crippen molar-refractivity contribution in [2.45, 2.75) is 38.9 Å². The molecule has 0 aliphatic carbocycles. The molecule has 0 radical (unpaired) electrons. The average molecular weight is 396 g/mol. The zero-order chi connectivity index (χ0) is 17.5. The molecule has 0 aromatic heterocycles. The number of halogens is 1. The summed E-state index contributed by atoms with van der Waals surface area (Å²) in [6, 6.07) is 5.65. The second kappa shape index (κ2) is 6.44. The van der Waals surface area contributed by atoms with E-state index in [1.165, 1.54) is 0 Å². The maximum absolute atomic E-state index is 12.6. The van der Waals surface area contributed by atoms with Crippen molar-refractivity contribution in [2.75, 3.05) is 26.3 Å². The summed E-state index contributed by atoms with van der Waals surface area (Å²) in [4.78, 5) is 14.5. The predicted molar refractivity (Wildman–Crippen MR) is 96.6 cm³/mol. The SMILES string of the molecule is CC1(C)OB(c2ccc(C(=O)N3CCOCC3)c(Br)c2)OC1(C)C. The number of carbonyl (C=O) groups is 1. The van der Waals surface area contributed by atoms with Crippen LogP contribution in [0.4, 0.5) is 0 Å². The summed E-state index contributed by atoms with van der Waals surface area (Å²) in [5.74, 6) is 0.0191. The number of carbonyl (C=O) groups excluding carboxylic acids is 1. The minimum atomic E-state index is -0.432. The van der Waals surface area contributed by atoms with Crippen LogP contribution in [0.3, 0.4) is 0 Å². The molecule has 5 nitrogen and oxygen atoms in total. The molecule has 1 amide bonds. The molecule has 7 heteroatoms. The smallest absolute Gasteiger partial charge is 0.399 e. The van der Waals surface area contributed by atoms with Gasteiger partial charge in [0.05, 0.1) is 30.0 Å². The summed E-state index contributed by atoms with van der Waals surface area (Å²) in [6.45, 7) is 10.5. The lowest BCUT2D eigenvalue weighted by Crippen LogP contribution is -2.41. The van der Waals surface area contributed by atoms with Gasteiger partial charge in [-0.1, -0.05) is 6.07 Å². The summed E-state index contributed by atoms with van der Waals surface area (Å²) >= 11 is 3.53. The number of amides is 1.